The molecule has 2 aliphatic rings. The zero-order valence-corrected chi connectivity index (χ0v) is 22.1. The SMILES string of the molecule is CCOc1cc(CN[C@@H]2C[C@@H](O)CN(C(=O)OC(C)(C)C)C[C@H]2O)ccc1OCCN1CCOCC1. The molecule has 0 spiro atoms. The van der Waals surface area contributed by atoms with Gasteiger partial charge in [-0.1, -0.05) is 6.07 Å². The Morgan fingerprint density at radius 3 is 2.58 bits per heavy atom. The van der Waals surface area contributed by atoms with Gasteiger partial charge in [0.15, 0.2) is 11.5 Å². The van der Waals surface area contributed by atoms with Crippen LogP contribution in [0.15, 0.2) is 18.2 Å². The van der Waals surface area contributed by atoms with Gasteiger partial charge in [-0.2, -0.15) is 0 Å². The zero-order chi connectivity index (χ0) is 26.1. The summed E-state index contributed by atoms with van der Waals surface area (Å²) in [5.74, 6) is 1.38. The summed E-state index contributed by atoms with van der Waals surface area (Å²) in [7, 11) is 0. The number of nitrogens with one attached hydrogen (secondary N) is 1. The van der Waals surface area contributed by atoms with Crippen molar-refractivity contribution >= 4 is 6.09 Å². The van der Waals surface area contributed by atoms with Crippen molar-refractivity contribution in [2.24, 2.45) is 0 Å². The third-order valence-electron chi connectivity index (χ3n) is 6.13. The predicted octanol–water partition coefficient (Wildman–Crippen LogP) is 1.62. The minimum absolute atomic E-state index is 0.0871. The average Bonchev–Trinajstić information content (AvgIpc) is 2.96. The normalized spacial score (nSPS) is 23.7. The van der Waals surface area contributed by atoms with Gasteiger partial charge in [0.05, 0.1) is 45.1 Å². The number of benzene rings is 1. The second-order valence-corrected chi connectivity index (χ2v) is 10.3. The van der Waals surface area contributed by atoms with Crippen LogP contribution in [0.4, 0.5) is 4.79 Å². The van der Waals surface area contributed by atoms with E-state index in [0.717, 1.165) is 38.4 Å². The van der Waals surface area contributed by atoms with Gasteiger partial charge in [0.25, 0.3) is 0 Å². The summed E-state index contributed by atoms with van der Waals surface area (Å²) in [4.78, 5) is 16.2. The highest BCUT2D eigenvalue weighted by atomic mass is 16.6. The molecule has 2 heterocycles. The topological polar surface area (TPSA) is 113 Å². The zero-order valence-electron chi connectivity index (χ0n) is 22.1. The van der Waals surface area contributed by atoms with Crippen LogP contribution < -0.4 is 14.8 Å². The number of ether oxygens (including phenoxy) is 4. The van der Waals surface area contributed by atoms with Crippen LogP contribution >= 0.6 is 0 Å². The quantitative estimate of drug-likeness (QED) is 0.457. The summed E-state index contributed by atoms with van der Waals surface area (Å²) in [5, 5.41) is 24.6. The smallest absolute Gasteiger partial charge is 0.410 e. The molecule has 0 saturated carbocycles. The maximum Gasteiger partial charge on any atom is 0.410 e. The van der Waals surface area contributed by atoms with Gasteiger partial charge in [-0.25, -0.2) is 4.79 Å². The number of aliphatic hydroxyl groups is 2. The molecule has 1 aromatic rings. The number of morpholine rings is 1. The molecule has 1 amide bonds. The fourth-order valence-electron chi connectivity index (χ4n) is 4.31. The van der Waals surface area contributed by atoms with E-state index >= 15 is 0 Å². The lowest BCUT2D eigenvalue weighted by molar-refractivity contribution is 0.0104. The number of likely N-dealkylation sites (tertiary alicyclic amines) is 1. The van der Waals surface area contributed by atoms with E-state index in [2.05, 4.69) is 10.2 Å². The molecule has 3 atom stereocenters. The van der Waals surface area contributed by atoms with E-state index in [0.29, 0.717) is 37.7 Å². The van der Waals surface area contributed by atoms with Gasteiger partial charge in [-0.15, -0.1) is 0 Å². The van der Waals surface area contributed by atoms with Gasteiger partial charge in [0.1, 0.15) is 12.2 Å². The number of carbonyl (C=O) groups is 1. The summed E-state index contributed by atoms with van der Waals surface area (Å²) in [6, 6.07) is 5.43. The Labute approximate surface area is 214 Å². The molecule has 0 radical (unpaired) electrons. The molecule has 3 rings (SSSR count). The van der Waals surface area contributed by atoms with Gasteiger partial charge in [-0.3, -0.25) is 4.90 Å². The Kier molecular flexibility index (Phi) is 10.6. The van der Waals surface area contributed by atoms with Crippen molar-refractivity contribution in [3.8, 4) is 11.5 Å². The van der Waals surface area contributed by atoms with E-state index in [4.69, 9.17) is 18.9 Å². The molecule has 0 aromatic heterocycles. The lowest BCUT2D eigenvalue weighted by Gasteiger charge is -2.28. The highest BCUT2D eigenvalue weighted by molar-refractivity contribution is 5.68. The van der Waals surface area contributed by atoms with E-state index < -0.39 is 23.9 Å². The third-order valence-corrected chi connectivity index (χ3v) is 6.13. The summed E-state index contributed by atoms with van der Waals surface area (Å²) in [6.07, 6.45) is -1.83. The Morgan fingerprint density at radius 2 is 1.89 bits per heavy atom. The number of hydrogen-bond acceptors (Lipinski definition) is 9. The van der Waals surface area contributed by atoms with Gasteiger partial charge >= 0.3 is 6.09 Å². The summed E-state index contributed by atoms with van der Waals surface area (Å²) in [6.45, 7) is 13.3. The highest BCUT2D eigenvalue weighted by Crippen LogP contribution is 2.29. The lowest BCUT2D eigenvalue weighted by atomic mass is 10.0. The standard InChI is InChI=1S/C26H43N3O7/c1-5-34-24-14-19(6-7-23(24)35-13-10-28-8-11-33-12-9-28)16-27-21-15-20(30)17-29(18-22(21)31)25(32)36-26(2,3)4/h6-7,14,20-22,27,30-31H,5,8-13,15-18H2,1-4H3/t20-,21-,22-/m1/s1. The predicted molar refractivity (Wildman–Crippen MR) is 135 cm³/mol. The van der Waals surface area contributed by atoms with Crippen LogP contribution in [0.1, 0.15) is 39.7 Å². The van der Waals surface area contributed by atoms with E-state index in [1.165, 1.54) is 4.90 Å². The number of β-amino-alcohol motifs (C(OH)–C–C–N with tert-alkyl or cyclic N) is 2. The first kappa shape index (κ1) is 28.5. The van der Waals surface area contributed by atoms with Crippen LogP contribution in [0.2, 0.25) is 0 Å². The molecule has 10 heteroatoms. The van der Waals surface area contributed by atoms with Gasteiger partial charge in [0, 0.05) is 32.2 Å². The molecule has 2 saturated heterocycles. The van der Waals surface area contributed by atoms with E-state index in [9.17, 15) is 15.0 Å². The molecule has 2 aliphatic heterocycles. The molecule has 10 nitrogen and oxygen atoms in total. The van der Waals surface area contributed by atoms with Crippen molar-refractivity contribution in [1.29, 1.82) is 0 Å². The lowest BCUT2D eigenvalue weighted by Crippen LogP contribution is -2.46. The van der Waals surface area contributed by atoms with Crippen LogP contribution in [0.5, 0.6) is 11.5 Å². The van der Waals surface area contributed by atoms with E-state index in [-0.39, 0.29) is 19.1 Å². The van der Waals surface area contributed by atoms with E-state index in [1.54, 1.807) is 20.8 Å². The Morgan fingerprint density at radius 1 is 1.14 bits per heavy atom. The maximum absolute atomic E-state index is 12.5. The molecule has 3 N–H and O–H groups in total. The number of nitrogens with zero attached hydrogens (tertiary/aromatic N) is 2. The Balaban J connectivity index is 1.55. The van der Waals surface area contributed by atoms with Crippen LogP contribution in [0.25, 0.3) is 0 Å². The van der Waals surface area contributed by atoms with Crippen molar-refractivity contribution in [2.75, 3.05) is 59.2 Å². The number of rotatable bonds is 9. The number of hydrogen-bond donors (Lipinski definition) is 3. The molecule has 204 valence electrons. The molecule has 1 aromatic carbocycles. The van der Waals surface area contributed by atoms with Crippen molar-refractivity contribution in [1.82, 2.24) is 15.1 Å². The van der Waals surface area contributed by atoms with Gasteiger partial charge in [0.2, 0.25) is 0 Å². The van der Waals surface area contributed by atoms with Gasteiger partial charge in [-0.05, 0) is 51.8 Å². The Hall–Kier alpha value is -2.11. The van der Waals surface area contributed by atoms with Crippen molar-refractivity contribution in [3.63, 3.8) is 0 Å². The van der Waals surface area contributed by atoms with Gasteiger partial charge < -0.3 is 39.4 Å². The summed E-state index contributed by atoms with van der Waals surface area (Å²) >= 11 is 0. The molecular formula is C26H43N3O7. The largest absolute Gasteiger partial charge is 0.490 e. The first-order chi connectivity index (χ1) is 17.1. The highest BCUT2D eigenvalue weighted by Gasteiger charge is 2.33. The maximum atomic E-state index is 12.5. The summed E-state index contributed by atoms with van der Waals surface area (Å²) < 4.78 is 22.6. The average molecular weight is 510 g/mol. The van der Waals surface area contributed by atoms with Crippen molar-refractivity contribution in [2.45, 2.75) is 64.5 Å². The fraction of sp³-hybridized carbons (Fsp3) is 0.731. The van der Waals surface area contributed by atoms with Crippen molar-refractivity contribution in [3.05, 3.63) is 23.8 Å². The first-order valence-corrected chi connectivity index (χ1v) is 12.9. The minimum atomic E-state index is -0.844. The van der Waals surface area contributed by atoms with Crippen LogP contribution in [-0.2, 0) is 16.0 Å². The number of carbonyl (C=O) groups excluding carboxylic acids is 1. The third kappa shape index (κ3) is 9.08. The number of aliphatic hydroxyl groups excluding tert-OH is 2. The van der Waals surface area contributed by atoms with Crippen LogP contribution in [0.3, 0.4) is 0 Å². The monoisotopic (exact) mass is 509 g/mol. The molecule has 0 unspecified atom stereocenters. The van der Waals surface area contributed by atoms with Crippen LogP contribution in [-0.4, -0.2) is 109 Å². The summed E-state index contributed by atoms with van der Waals surface area (Å²) in [5.41, 5.74) is 0.321. The molecule has 0 aliphatic carbocycles. The molecule has 36 heavy (non-hydrogen) atoms. The molecule has 2 fully saturated rings. The molecular weight excluding hydrogens is 466 g/mol. The molecule has 0 bridgehead atoms. The minimum Gasteiger partial charge on any atom is -0.490 e. The van der Waals surface area contributed by atoms with Crippen molar-refractivity contribution < 1.29 is 34.0 Å². The van der Waals surface area contributed by atoms with Crippen LogP contribution in [0, 0.1) is 0 Å². The van der Waals surface area contributed by atoms with E-state index in [1.807, 2.05) is 25.1 Å². The Bertz CT molecular complexity index is 826. The fourth-order valence-corrected chi connectivity index (χ4v) is 4.31. The first-order valence-electron chi connectivity index (χ1n) is 12.9. The second kappa shape index (κ2) is 13.4. The number of amides is 1. The second-order valence-electron chi connectivity index (χ2n) is 10.3.